The Morgan fingerprint density at radius 3 is 2.45 bits per heavy atom. The summed E-state index contributed by atoms with van der Waals surface area (Å²) in [6, 6.07) is 3.49. The molecule has 0 aliphatic carbocycles. The van der Waals surface area contributed by atoms with Gasteiger partial charge in [-0.15, -0.1) is 0 Å². The van der Waals surface area contributed by atoms with Gasteiger partial charge in [-0.05, 0) is 43.3 Å². The first-order valence-corrected chi connectivity index (χ1v) is 6.39. The molecule has 108 valence electrons. The molecule has 0 radical (unpaired) electrons. The van der Waals surface area contributed by atoms with Crippen LogP contribution in [0.3, 0.4) is 0 Å². The molecule has 20 heavy (non-hydrogen) atoms. The average molecular weight is 275 g/mol. The molecule has 0 amide bonds. The van der Waals surface area contributed by atoms with Crippen LogP contribution in [0.25, 0.3) is 6.08 Å². The first-order valence-electron chi connectivity index (χ1n) is 6.39. The number of carbonyl (C=O) groups is 1. The van der Waals surface area contributed by atoms with E-state index in [1.54, 1.807) is 19.2 Å². The monoisotopic (exact) mass is 275 g/mol. The van der Waals surface area contributed by atoms with E-state index in [0.717, 1.165) is 16.8 Å². The molecule has 0 atom stereocenters. The molecule has 0 spiro atoms. The molecule has 4 heteroatoms. The first kappa shape index (κ1) is 16.0. The normalized spacial score (nSPS) is 11.4. The van der Waals surface area contributed by atoms with Gasteiger partial charge in [-0.2, -0.15) is 0 Å². The third-order valence-electron chi connectivity index (χ3n) is 3.01. The number of carbonyl (C=O) groups excluding carboxylic acids is 1. The lowest BCUT2D eigenvalue weighted by Crippen LogP contribution is -2.05. The van der Waals surface area contributed by atoms with Crippen molar-refractivity contribution < 1.29 is 14.3 Å². The zero-order chi connectivity index (χ0) is 15.3. The van der Waals surface area contributed by atoms with Crippen molar-refractivity contribution in [2.75, 3.05) is 14.2 Å². The van der Waals surface area contributed by atoms with Gasteiger partial charge >= 0.3 is 5.97 Å². The van der Waals surface area contributed by atoms with Gasteiger partial charge in [0.1, 0.15) is 5.75 Å². The molecule has 0 aliphatic heterocycles. The smallest absolute Gasteiger partial charge is 0.338 e. The summed E-state index contributed by atoms with van der Waals surface area (Å²) in [5.41, 5.74) is 3.15. The molecule has 0 saturated carbocycles. The number of hydrogen-bond acceptors (Lipinski definition) is 4. The summed E-state index contributed by atoms with van der Waals surface area (Å²) >= 11 is 0. The van der Waals surface area contributed by atoms with Crippen molar-refractivity contribution in [2.24, 2.45) is 4.99 Å². The number of rotatable bonds is 5. The van der Waals surface area contributed by atoms with E-state index < -0.39 is 5.97 Å². The molecule has 1 aromatic carbocycles. The highest BCUT2D eigenvalue weighted by Gasteiger charge is 2.17. The van der Waals surface area contributed by atoms with Crippen LogP contribution in [0.4, 0.5) is 0 Å². The number of benzene rings is 1. The lowest BCUT2D eigenvalue weighted by Gasteiger charge is -2.17. The summed E-state index contributed by atoms with van der Waals surface area (Å²) in [5.74, 6) is 0.531. The van der Waals surface area contributed by atoms with Crippen LogP contribution in [0.1, 0.15) is 48.2 Å². The van der Waals surface area contributed by atoms with Crippen LogP contribution in [0, 0.1) is 0 Å². The molecule has 0 fully saturated rings. The molecule has 4 nitrogen and oxygen atoms in total. The molecule has 0 N–H and O–H groups in total. The largest absolute Gasteiger partial charge is 0.496 e. The lowest BCUT2D eigenvalue weighted by molar-refractivity contribution is 0.0600. The van der Waals surface area contributed by atoms with Gasteiger partial charge in [-0.3, -0.25) is 4.99 Å². The summed E-state index contributed by atoms with van der Waals surface area (Å²) in [4.78, 5) is 15.6. The first-order chi connectivity index (χ1) is 9.44. The molecule has 1 aromatic rings. The summed E-state index contributed by atoms with van der Waals surface area (Å²) in [5, 5.41) is 0. The summed E-state index contributed by atoms with van der Waals surface area (Å²) < 4.78 is 10.2. The van der Waals surface area contributed by atoms with Crippen LogP contribution >= 0.6 is 0 Å². The second kappa shape index (κ2) is 6.89. The number of aliphatic imine (C=N–C) groups is 1. The molecule has 0 unspecified atom stereocenters. The Kier molecular flexibility index (Phi) is 5.50. The van der Waals surface area contributed by atoms with Crippen molar-refractivity contribution in [1.29, 1.82) is 0 Å². The SMILES string of the molecule is C=N/C(C)=C\c1cc(C(=O)OC)cc(OC)c1C(C)C. The lowest BCUT2D eigenvalue weighted by atomic mass is 9.93. The Balaban J connectivity index is 3.57. The van der Waals surface area contributed by atoms with Crippen molar-refractivity contribution in [2.45, 2.75) is 26.7 Å². The standard InChI is InChI=1S/C16H21NO3/c1-10(2)15-12(7-11(3)17-4)8-13(16(18)20-6)9-14(15)19-5/h7-10H,4H2,1-3,5-6H3/b11-7-. The Morgan fingerprint density at radius 2 is 2.00 bits per heavy atom. The predicted octanol–water partition coefficient (Wildman–Crippen LogP) is 3.67. The molecule has 1 rings (SSSR count). The summed E-state index contributed by atoms with van der Waals surface area (Å²) in [6.45, 7) is 9.51. The van der Waals surface area contributed by atoms with E-state index in [1.807, 2.05) is 13.0 Å². The van der Waals surface area contributed by atoms with E-state index in [1.165, 1.54) is 7.11 Å². The summed E-state index contributed by atoms with van der Waals surface area (Å²) in [7, 11) is 2.95. The highest BCUT2D eigenvalue weighted by molar-refractivity contribution is 5.91. The number of methoxy groups -OCH3 is 2. The minimum absolute atomic E-state index is 0.250. The third kappa shape index (κ3) is 3.47. The van der Waals surface area contributed by atoms with Gasteiger partial charge in [-0.25, -0.2) is 4.79 Å². The van der Waals surface area contributed by atoms with Gasteiger partial charge in [-0.1, -0.05) is 13.8 Å². The van der Waals surface area contributed by atoms with E-state index in [0.29, 0.717) is 11.3 Å². The van der Waals surface area contributed by atoms with Gasteiger partial charge < -0.3 is 9.47 Å². The topological polar surface area (TPSA) is 47.9 Å². The maximum atomic E-state index is 11.7. The Bertz CT molecular complexity index is 545. The van der Waals surface area contributed by atoms with Crippen LogP contribution in [0.2, 0.25) is 0 Å². The van der Waals surface area contributed by atoms with E-state index in [2.05, 4.69) is 25.6 Å². The average Bonchev–Trinajstić information content (AvgIpc) is 2.44. The van der Waals surface area contributed by atoms with Crippen molar-refractivity contribution in [1.82, 2.24) is 0 Å². The number of hydrogen-bond donors (Lipinski definition) is 0. The summed E-state index contributed by atoms with van der Waals surface area (Å²) in [6.07, 6.45) is 1.89. The van der Waals surface area contributed by atoms with E-state index in [-0.39, 0.29) is 5.92 Å². The highest BCUT2D eigenvalue weighted by atomic mass is 16.5. The number of ether oxygens (including phenoxy) is 2. The van der Waals surface area contributed by atoms with Crippen LogP contribution in [-0.2, 0) is 4.74 Å². The Labute approximate surface area is 120 Å². The van der Waals surface area contributed by atoms with Crippen LogP contribution < -0.4 is 4.74 Å². The molecule has 0 heterocycles. The zero-order valence-electron chi connectivity index (χ0n) is 12.7. The molecule has 0 saturated heterocycles. The van der Waals surface area contributed by atoms with Gasteiger partial charge in [0.05, 0.1) is 19.8 Å². The second-order valence-electron chi connectivity index (χ2n) is 4.77. The molecular formula is C16H21NO3. The minimum atomic E-state index is -0.391. The third-order valence-corrected chi connectivity index (χ3v) is 3.01. The molecule has 0 aliphatic rings. The van der Waals surface area contributed by atoms with Crippen molar-refractivity contribution >= 4 is 18.8 Å². The van der Waals surface area contributed by atoms with E-state index >= 15 is 0 Å². The van der Waals surface area contributed by atoms with Gasteiger partial charge in [0.15, 0.2) is 0 Å². The van der Waals surface area contributed by atoms with Crippen molar-refractivity contribution in [3.8, 4) is 5.75 Å². The minimum Gasteiger partial charge on any atom is -0.496 e. The van der Waals surface area contributed by atoms with E-state index in [4.69, 9.17) is 9.47 Å². The van der Waals surface area contributed by atoms with Gasteiger partial charge in [0.2, 0.25) is 0 Å². The van der Waals surface area contributed by atoms with Crippen LogP contribution in [-0.4, -0.2) is 26.9 Å². The van der Waals surface area contributed by atoms with Crippen LogP contribution in [0.5, 0.6) is 5.75 Å². The van der Waals surface area contributed by atoms with E-state index in [9.17, 15) is 4.79 Å². The second-order valence-corrected chi connectivity index (χ2v) is 4.77. The fourth-order valence-corrected chi connectivity index (χ4v) is 2.06. The van der Waals surface area contributed by atoms with Crippen molar-refractivity contribution in [3.63, 3.8) is 0 Å². The van der Waals surface area contributed by atoms with Crippen LogP contribution in [0.15, 0.2) is 22.8 Å². The van der Waals surface area contributed by atoms with Crippen molar-refractivity contribution in [3.05, 3.63) is 34.5 Å². The predicted molar refractivity (Wildman–Crippen MR) is 81.6 cm³/mol. The van der Waals surface area contributed by atoms with Gasteiger partial charge in [0.25, 0.3) is 0 Å². The highest BCUT2D eigenvalue weighted by Crippen LogP contribution is 2.33. The fourth-order valence-electron chi connectivity index (χ4n) is 2.06. The number of nitrogens with zero attached hydrogens (tertiary/aromatic N) is 1. The maximum Gasteiger partial charge on any atom is 0.338 e. The number of allylic oxidation sites excluding steroid dienone is 1. The zero-order valence-corrected chi connectivity index (χ0v) is 12.7. The molecule has 0 aromatic heterocycles. The Hall–Kier alpha value is -2.10. The molecular weight excluding hydrogens is 254 g/mol. The fraction of sp³-hybridized carbons (Fsp3) is 0.375. The number of esters is 1. The molecule has 0 bridgehead atoms. The maximum absolute atomic E-state index is 11.7. The quantitative estimate of drug-likeness (QED) is 0.608. The van der Waals surface area contributed by atoms with Gasteiger partial charge in [0, 0.05) is 11.3 Å². The Morgan fingerprint density at radius 1 is 1.35 bits per heavy atom.